The predicted molar refractivity (Wildman–Crippen MR) is 126 cm³/mol. The molecule has 8 nitrogen and oxygen atoms in total. The van der Waals surface area contributed by atoms with Gasteiger partial charge < -0.3 is 24.8 Å². The van der Waals surface area contributed by atoms with Crippen molar-refractivity contribution in [2.75, 3.05) is 19.7 Å². The van der Waals surface area contributed by atoms with E-state index in [1.165, 1.54) is 4.90 Å². The summed E-state index contributed by atoms with van der Waals surface area (Å²) in [4.78, 5) is 38.8. The average Bonchev–Trinajstić information content (AvgIpc) is 3.10. The highest BCUT2D eigenvalue weighted by Gasteiger charge is 2.46. The number of carbonyl (C=O) groups excluding carboxylic acids is 2. The predicted octanol–water partition coefficient (Wildman–Crippen LogP) is 4.38. The van der Waals surface area contributed by atoms with E-state index in [-0.39, 0.29) is 25.5 Å². The zero-order valence-electron chi connectivity index (χ0n) is 19.7. The normalized spacial score (nSPS) is 19.7. The Morgan fingerprint density at radius 1 is 1.06 bits per heavy atom. The number of hydrogen-bond acceptors (Lipinski definition) is 5. The van der Waals surface area contributed by atoms with Crippen LogP contribution in [0.15, 0.2) is 48.5 Å². The number of nitrogens with zero attached hydrogens (tertiary/aromatic N) is 1. The average molecular weight is 467 g/mol. The molecule has 34 heavy (non-hydrogen) atoms. The minimum atomic E-state index is -1.63. The van der Waals surface area contributed by atoms with Crippen molar-refractivity contribution in [1.29, 1.82) is 0 Å². The number of carboxylic acids is 1. The summed E-state index contributed by atoms with van der Waals surface area (Å²) in [5.41, 5.74) is 2.05. The van der Waals surface area contributed by atoms with Crippen molar-refractivity contribution in [2.45, 2.75) is 50.7 Å². The van der Waals surface area contributed by atoms with E-state index < -0.39 is 29.3 Å². The molecule has 0 bridgehead atoms. The van der Waals surface area contributed by atoms with Crippen LogP contribution in [0.25, 0.3) is 11.1 Å². The molecule has 2 N–H and O–H groups in total. The highest BCUT2D eigenvalue weighted by molar-refractivity contribution is 5.86. The number of hydrogen-bond donors (Lipinski definition) is 2. The van der Waals surface area contributed by atoms with E-state index in [9.17, 15) is 19.5 Å². The first-order chi connectivity index (χ1) is 16.1. The number of carboxylic acid groups (broad SMARTS) is 1. The number of benzene rings is 2. The summed E-state index contributed by atoms with van der Waals surface area (Å²) >= 11 is 0. The molecule has 0 saturated carbocycles. The van der Waals surface area contributed by atoms with Crippen LogP contribution in [0.5, 0.6) is 0 Å². The molecule has 0 aromatic heterocycles. The van der Waals surface area contributed by atoms with Gasteiger partial charge >= 0.3 is 18.2 Å². The van der Waals surface area contributed by atoms with Crippen molar-refractivity contribution in [3.63, 3.8) is 0 Å². The first-order valence-electron chi connectivity index (χ1n) is 11.4. The molecule has 0 radical (unpaired) electrons. The number of rotatable bonds is 4. The molecule has 2 aromatic carbocycles. The van der Waals surface area contributed by atoms with E-state index in [2.05, 4.69) is 17.4 Å². The highest BCUT2D eigenvalue weighted by atomic mass is 16.6. The SMILES string of the molecule is CC(C)(C)OC(=O)NC1(C(=O)O)CCCN(C(=O)OCC2c3ccccc3-c3ccccc32)C1. The zero-order chi connectivity index (χ0) is 24.5. The minimum Gasteiger partial charge on any atom is -0.479 e. The van der Waals surface area contributed by atoms with Crippen LogP contribution in [0.4, 0.5) is 9.59 Å². The highest BCUT2D eigenvalue weighted by Crippen LogP contribution is 2.44. The van der Waals surface area contributed by atoms with Gasteiger partial charge in [0.1, 0.15) is 12.2 Å². The van der Waals surface area contributed by atoms with Gasteiger partial charge in [0.2, 0.25) is 0 Å². The lowest BCUT2D eigenvalue weighted by Gasteiger charge is -2.39. The maximum absolute atomic E-state index is 13.0. The number of likely N-dealkylation sites (tertiary alicyclic amines) is 1. The Morgan fingerprint density at radius 3 is 2.21 bits per heavy atom. The number of piperidine rings is 1. The standard InChI is InChI=1S/C26H30N2O6/c1-25(2,3)34-23(31)27-26(22(29)30)13-8-14-28(16-26)24(32)33-15-21-19-11-6-4-9-17(19)18-10-5-7-12-20(18)21/h4-7,9-12,21H,8,13-16H2,1-3H3,(H,27,31)(H,29,30). The Labute approximate surface area is 198 Å². The summed E-state index contributed by atoms with van der Waals surface area (Å²) in [5.74, 6) is -1.31. The van der Waals surface area contributed by atoms with E-state index in [0.717, 1.165) is 22.3 Å². The summed E-state index contributed by atoms with van der Waals surface area (Å²) in [6.45, 7) is 5.39. The Balaban J connectivity index is 1.45. The Bertz CT molecular complexity index is 1060. The van der Waals surface area contributed by atoms with Crippen LogP contribution in [0, 0.1) is 0 Å². The number of fused-ring (bicyclic) bond motifs is 3. The van der Waals surface area contributed by atoms with Gasteiger partial charge in [-0.05, 0) is 55.9 Å². The minimum absolute atomic E-state index is 0.0924. The molecule has 2 aliphatic rings. The van der Waals surface area contributed by atoms with Crippen molar-refractivity contribution in [3.8, 4) is 11.1 Å². The van der Waals surface area contributed by atoms with Gasteiger partial charge in [0.05, 0.1) is 6.54 Å². The summed E-state index contributed by atoms with van der Waals surface area (Å²) in [7, 11) is 0. The monoisotopic (exact) mass is 466 g/mol. The molecule has 1 aliphatic carbocycles. The topological polar surface area (TPSA) is 105 Å². The van der Waals surface area contributed by atoms with E-state index in [4.69, 9.17) is 9.47 Å². The zero-order valence-corrected chi connectivity index (χ0v) is 19.7. The van der Waals surface area contributed by atoms with Crippen LogP contribution in [-0.2, 0) is 14.3 Å². The van der Waals surface area contributed by atoms with E-state index in [1.807, 2.05) is 36.4 Å². The smallest absolute Gasteiger partial charge is 0.409 e. The van der Waals surface area contributed by atoms with Crippen LogP contribution in [0.2, 0.25) is 0 Å². The molecule has 0 spiro atoms. The third-order valence-electron chi connectivity index (χ3n) is 6.24. The van der Waals surface area contributed by atoms with Crippen molar-refractivity contribution < 1.29 is 29.0 Å². The molecule has 1 saturated heterocycles. The van der Waals surface area contributed by atoms with Gasteiger partial charge in [0, 0.05) is 12.5 Å². The number of nitrogens with one attached hydrogen (secondary N) is 1. The number of ether oxygens (including phenoxy) is 2. The summed E-state index contributed by atoms with van der Waals surface area (Å²) < 4.78 is 10.9. The van der Waals surface area contributed by atoms with Gasteiger partial charge in [-0.25, -0.2) is 14.4 Å². The van der Waals surface area contributed by atoms with Gasteiger partial charge in [-0.3, -0.25) is 0 Å². The van der Waals surface area contributed by atoms with E-state index >= 15 is 0 Å². The second-order valence-corrected chi connectivity index (χ2v) is 9.84. The summed E-state index contributed by atoms with van der Waals surface area (Å²) in [6.07, 6.45) is -0.830. The fourth-order valence-corrected chi connectivity index (χ4v) is 4.73. The molecule has 1 fully saturated rings. The number of carbonyl (C=O) groups is 3. The number of aliphatic carboxylic acids is 1. The summed E-state index contributed by atoms with van der Waals surface area (Å²) in [5, 5.41) is 12.4. The molecule has 1 atom stereocenters. The van der Waals surface area contributed by atoms with Gasteiger partial charge in [0.15, 0.2) is 5.54 Å². The van der Waals surface area contributed by atoms with Gasteiger partial charge in [-0.2, -0.15) is 0 Å². The van der Waals surface area contributed by atoms with Crippen LogP contribution >= 0.6 is 0 Å². The quantitative estimate of drug-likeness (QED) is 0.693. The second-order valence-electron chi connectivity index (χ2n) is 9.84. The fourth-order valence-electron chi connectivity index (χ4n) is 4.73. The number of alkyl carbamates (subject to hydrolysis) is 1. The molecule has 8 heteroatoms. The van der Waals surface area contributed by atoms with Crippen LogP contribution in [-0.4, -0.2) is 59.0 Å². The maximum atomic E-state index is 13.0. The fraction of sp³-hybridized carbons (Fsp3) is 0.423. The lowest BCUT2D eigenvalue weighted by Crippen LogP contribution is -2.64. The van der Waals surface area contributed by atoms with E-state index in [0.29, 0.717) is 13.0 Å². The van der Waals surface area contributed by atoms with Gasteiger partial charge in [-0.1, -0.05) is 48.5 Å². The molecule has 2 amide bonds. The summed E-state index contributed by atoms with van der Waals surface area (Å²) in [6, 6.07) is 16.1. The van der Waals surface area contributed by atoms with E-state index in [1.54, 1.807) is 20.8 Å². The van der Waals surface area contributed by atoms with Crippen molar-refractivity contribution >= 4 is 18.2 Å². The Hall–Kier alpha value is -3.55. The van der Waals surface area contributed by atoms with Crippen LogP contribution in [0.1, 0.15) is 50.7 Å². The van der Waals surface area contributed by atoms with Crippen molar-refractivity contribution in [2.24, 2.45) is 0 Å². The van der Waals surface area contributed by atoms with Gasteiger partial charge in [-0.15, -0.1) is 0 Å². The molecular formula is C26H30N2O6. The Kier molecular flexibility index (Phi) is 6.25. The lowest BCUT2D eigenvalue weighted by molar-refractivity contribution is -0.147. The van der Waals surface area contributed by atoms with Crippen LogP contribution in [0.3, 0.4) is 0 Å². The maximum Gasteiger partial charge on any atom is 0.409 e. The molecule has 2 aromatic rings. The largest absolute Gasteiger partial charge is 0.479 e. The third-order valence-corrected chi connectivity index (χ3v) is 6.24. The Morgan fingerprint density at radius 2 is 1.65 bits per heavy atom. The first kappa shape index (κ1) is 23.6. The van der Waals surface area contributed by atoms with Crippen molar-refractivity contribution in [1.82, 2.24) is 10.2 Å². The molecule has 1 heterocycles. The molecular weight excluding hydrogens is 436 g/mol. The van der Waals surface area contributed by atoms with Crippen LogP contribution < -0.4 is 5.32 Å². The number of amides is 2. The molecule has 4 rings (SSSR count). The van der Waals surface area contributed by atoms with Gasteiger partial charge in [0.25, 0.3) is 0 Å². The first-order valence-corrected chi connectivity index (χ1v) is 11.4. The van der Waals surface area contributed by atoms with Crippen molar-refractivity contribution in [3.05, 3.63) is 59.7 Å². The molecule has 1 aliphatic heterocycles. The molecule has 180 valence electrons. The second kappa shape index (κ2) is 9.00. The lowest BCUT2D eigenvalue weighted by atomic mass is 9.89. The molecule has 1 unspecified atom stereocenters. The third kappa shape index (κ3) is 4.71.